The Kier molecular flexibility index (Phi) is 4.72. The number of hydrogen-bond acceptors (Lipinski definition) is 4. The van der Waals surface area contributed by atoms with Crippen LogP contribution in [0.3, 0.4) is 0 Å². The highest BCUT2D eigenvalue weighted by atomic mass is 16.3. The van der Waals surface area contributed by atoms with Crippen LogP contribution in [0.4, 0.5) is 0 Å². The minimum absolute atomic E-state index is 0.0462. The lowest BCUT2D eigenvalue weighted by Crippen LogP contribution is -2.30. The number of phenols is 2. The predicted octanol–water partition coefficient (Wildman–Crippen LogP) is 9.00. The van der Waals surface area contributed by atoms with Gasteiger partial charge < -0.3 is 10.2 Å². The molecule has 4 bridgehead atoms. The van der Waals surface area contributed by atoms with E-state index in [0.29, 0.717) is 10.8 Å². The Morgan fingerprint density at radius 3 is 0.840 bits per heavy atom. The van der Waals surface area contributed by atoms with Crippen LogP contribution in [0.15, 0.2) is 121 Å². The molecule has 0 aromatic heterocycles. The normalized spacial score (nSPS) is 20.6. The molecule has 0 fully saturated rings. The molecule has 0 spiro atoms. The highest BCUT2D eigenvalue weighted by Gasteiger charge is 2.46. The average Bonchev–Trinajstić information content (AvgIpc) is 3.16. The third-order valence-electron chi connectivity index (χ3n) is 12.3. The minimum Gasteiger partial charge on any atom is -0.506 e. The van der Waals surface area contributed by atoms with Crippen LogP contribution in [0, 0.1) is 0 Å². The van der Waals surface area contributed by atoms with Crippen molar-refractivity contribution in [3.05, 3.63) is 210 Å². The summed E-state index contributed by atoms with van der Waals surface area (Å²) in [5.41, 5.74) is 14.2. The SMILES string of the molecule is O=C1c2cc3c(cc2C(=O)c2c1c(O)c1cc4c(cc1c2O)C1c2ccccc2C4c2ccccc21)C1c2ccccc2C3c2ccccc21. The first kappa shape index (κ1) is 26.7. The molecule has 0 atom stereocenters. The molecule has 0 radical (unpaired) electrons. The van der Waals surface area contributed by atoms with Gasteiger partial charge in [-0.15, -0.1) is 0 Å². The number of phenolic OH excluding ortho intramolecular Hbond substituents is 2. The van der Waals surface area contributed by atoms with Gasteiger partial charge in [-0.25, -0.2) is 0 Å². The molecule has 7 aliphatic carbocycles. The summed E-state index contributed by atoms with van der Waals surface area (Å²) < 4.78 is 0. The Morgan fingerprint density at radius 2 is 0.580 bits per heavy atom. The van der Waals surface area contributed by atoms with Crippen LogP contribution in [-0.2, 0) is 0 Å². The van der Waals surface area contributed by atoms with Crippen LogP contribution >= 0.6 is 0 Å². The van der Waals surface area contributed by atoms with E-state index in [2.05, 4.69) is 97.1 Å². The second kappa shape index (κ2) is 8.85. The van der Waals surface area contributed by atoms with E-state index < -0.39 is 11.6 Å². The first-order valence-corrected chi connectivity index (χ1v) is 17.2. The van der Waals surface area contributed by atoms with Gasteiger partial charge in [0.2, 0.25) is 0 Å². The van der Waals surface area contributed by atoms with E-state index in [1.807, 2.05) is 24.3 Å². The summed E-state index contributed by atoms with van der Waals surface area (Å²) in [5.74, 6) is -1.61. The molecule has 0 saturated carbocycles. The molecule has 234 valence electrons. The zero-order chi connectivity index (χ0) is 33.2. The highest BCUT2D eigenvalue weighted by Crippen LogP contribution is 2.59. The van der Waals surface area contributed by atoms with Gasteiger partial charge in [0.05, 0.1) is 11.1 Å². The molecule has 14 rings (SSSR count). The Morgan fingerprint density at radius 1 is 0.340 bits per heavy atom. The predicted molar refractivity (Wildman–Crippen MR) is 190 cm³/mol. The number of carbonyl (C=O) groups is 2. The van der Waals surface area contributed by atoms with Crippen LogP contribution in [-0.4, -0.2) is 21.8 Å². The Bertz CT molecular complexity index is 2520. The van der Waals surface area contributed by atoms with E-state index in [0.717, 1.165) is 22.3 Å². The lowest BCUT2D eigenvalue weighted by molar-refractivity contribution is 0.0974. The Balaban J connectivity index is 1.09. The van der Waals surface area contributed by atoms with Gasteiger partial charge in [0.15, 0.2) is 11.6 Å². The summed E-state index contributed by atoms with van der Waals surface area (Å²) in [6, 6.07) is 41.4. The summed E-state index contributed by atoms with van der Waals surface area (Å²) in [4.78, 5) is 29.1. The third-order valence-corrected chi connectivity index (χ3v) is 12.3. The maximum Gasteiger partial charge on any atom is 0.198 e. The quantitative estimate of drug-likeness (QED) is 0.162. The smallest absolute Gasteiger partial charge is 0.198 e. The van der Waals surface area contributed by atoms with Crippen molar-refractivity contribution in [2.45, 2.75) is 23.7 Å². The maximum atomic E-state index is 14.6. The highest BCUT2D eigenvalue weighted by molar-refractivity contribution is 6.32. The molecule has 0 unspecified atom stereocenters. The van der Waals surface area contributed by atoms with E-state index in [1.165, 1.54) is 44.5 Å². The van der Waals surface area contributed by atoms with Crippen molar-refractivity contribution in [2.24, 2.45) is 0 Å². The second-order valence-electron chi connectivity index (χ2n) is 14.4. The van der Waals surface area contributed by atoms with Gasteiger partial charge in [-0.05, 0) is 91.0 Å². The number of aromatic hydroxyl groups is 2. The second-order valence-corrected chi connectivity index (χ2v) is 14.4. The van der Waals surface area contributed by atoms with Crippen LogP contribution in [0.25, 0.3) is 10.8 Å². The standard InChI is InChI=1S/C46H26O4/c47-43-33-17-29-30(38-22-10-2-1-9-21(22)37(29)23-11-3-4-12-24(23)38)18-34(33)44(48)42-41(43)45(49)35-19-31-32(20-36(35)46(42)50)40-27-15-7-5-13-25(27)39(31)26-14-6-8-16-28(26)40/h1-20,37-40,47-48H. The van der Waals surface area contributed by atoms with Crippen molar-refractivity contribution in [2.75, 3.05) is 0 Å². The zero-order valence-corrected chi connectivity index (χ0v) is 26.6. The molecule has 0 saturated heterocycles. The number of ketones is 2. The summed E-state index contributed by atoms with van der Waals surface area (Å²) in [6.45, 7) is 0. The molecular formula is C46H26O4. The van der Waals surface area contributed by atoms with Crippen molar-refractivity contribution in [1.82, 2.24) is 0 Å². The average molecular weight is 643 g/mol. The minimum atomic E-state index is -0.440. The summed E-state index contributed by atoms with van der Waals surface area (Å²) in [7, 11) is 0. The van der Waals surface area contributed by atoms with E-state index in [4.69, 9.17) is 0 Å². The third kappa shape index (κ3) is 2.93. The fourth-order valence-electron chi connectivity index (χ4n) is 10.4. The van der Waals surface area contributed by atoms with Gasteiger partial charge in [0.1, 0.15) is 11.5 Å². The van der Waals surface area contributed by atoms with Crippen molar-refractivity contribution in [3.63, 3.8) is 0 Å². The molecule has 0 aliphatic heterocycles. The molecule has 4 heteroatoms. The molecule has 0 heterocycles. The van der Waals surface area contributed by atoms with E-state index in [-0.39, 0.29) is 57.4 Å². The number of benzene rings is 7. The molecule has 7 aliphatic rings. The molecule has 0 amide bonds. The molecule has 50 heavy (non-hydrogen) atoms. The Hall–Kier alpha value is -6.26. The van der Waals surface area contributed by atoms with Crippen molar-refractivity contribution in [3.8, 4) is 11.5 Å². The number of rotatable bonds is 0. The van der Waals surface area contributed by atoms with Crippen molar-refractivity contribution in [1.29, 1.82) is 0 Å². The molecule has 7 aromatic carbocycles. The van der Waals surface area contributed by atoms with Crippen LogP contribution in [0.1, 0.15) is 122 Å². The van der Waals surface area contributed by atoms with Crippen LogP contribution < -0.4 is 0 Å². The summed E-state index contributed by atoms with van der Waals surface area (Å²) >= 11 is 0. The Labute approximate surface area is 286 Å². The fourth-order valence-corrected chi connectivity index (χ4v) is 10.4. The zero-order valence-electron chi connectivity index (χ0n) is 26.6. The lowest BCUT2D eigenvalue weighted by atomic mass is 9.60. The molecule has 4 nitrogen and oxygen atoms in total. The van der Waals surface area contributed by atoms with E-state index in [9.17, 15) is 19.8 Å². The van der Waals surface area contributed by atoms with E-state index >= 15 is 0 Å². The number of hydrogen-bond donors (Lipinski definition) is 2. The van der Waals surface area contributed by atoms with Crippen molar-refractivity contribution >= 4 is 22.3 Å². The first-order valence-electron chi connectivity index (χ1n) is 17.2. The summed E-state index contributed by atoms with van der Waals surface area (Å²) in [6.07, 6.45) is 0. The lowest BCUT2D eigenvalue weighted by Gasteiger charge is -2.43. The maximum absolute atomic E-state index is 14.6. The van der Waals surface area contributed by atoms with E-state index in [1.54, 1.807) is 0 Å². The number of fused-ring (bicyclic) bond motifs is 3. The van der Waals surface area contributed by atoms with Gasteiger partial charge in [-0.2, -0.15) is 0 Å². The van der Waals surface area contributed by atoms with Crippen molar-refractivity contribution < 1.29 is 19.8 Å². The van der Waals surface area contributed by atoms with Crippen LogP contribution in [0.5, 0.6) is 11.5 Å². The number of carbonyl (C=O) groups excluding carboxylic acids is 2. The topological polar surface area (TPSA) is 74.6 Å². The van der Waals surface area contributed by atoms with Gasteiger partial charge in [-0.1, -0.05) is 97.1 Å². The fraction of sp³-hybridized carbons (Fsp3) is 0.0870. The van der Waals surface area contributed by atoms with Crippen LogP contribution in [0.2, 0.25) is 0 Å². The molecular weight excluding hydrogens is 617 g/mol. The molecule has 2 N–H and O–H groups in total. The van der Waals surface area contributed by atoms with Gasteiger partial charge in [-0.3, -0.25) is 9.59 Å². The largest absolute Gasteiger partial charge is 0.506 e. The molecule has 7 aromatic rings. The van der Waals surface area contributed by atoms with Gasteiger partial charge in [0, 0.05) is 45.6 Å². The van der Waals surface area contributed by atoms with Gasteiger partial charge >= 0.3 is 0 Å². The first-order chi connectivity index (χ1) is 24.5. The monoisotopic (exact) mass is 642 g/mol. The summed E-state index contributed by atoms with van der Waals surface area (Å²) in [5, 5.41) is 24.8. The van der Waals surface area contributed by atoms with Gasteiger partial charge in [0.25, 0.3) is 0 Å².